The van der Waals surface area contributed by atoms with Gasteiger partial charge in [-0.25, -0.2) is 4.98 Å². The van der Waals surface area contributed by atoms with E-state index in [9.17, 15) is 10.2 Å². The third-order valence-corrected chi connectivity index (χ3v) is 4.06. The lowest BCUT2D eigenvalue weighted by molar-refractivity contribution is 0.0943. The average Bonchev–Trinajstić information content (AvgIpc) is 2.95. The zero-order valence-electron chi connectivity index (χ0n) is 14.8. The maximum atomic E-state index is 10.1. The van der Waals surface area contributed by atoms with E-state index in [4.69, 9.17) is 11.6 Å². The Bertz CT molecular complexity index is 935. The third-order valence-electron chi connectivity index (χ3n) is 3.76. The van der Waals surface area contributed by atoms with Gasteiger partial charge in [-0.2, -0.15) is 9.97 Å². The summed E-state index contributed by atoms with van der Waals surface area (Å²) in [6, 6.07) is 5.17. The number of benzene rings is 1. The molecule has 0 amide bonds. The summed E-state index contributed by atoms with van der Waals surface area (Å²) in [6.45, 7) is 4.01. The number of aromatic nitrogens is 4. The van der Waals surface area contributed by atoms with E-state index in [2.05, 4.69) is 25.6 Å². The Labute approximate surface area is 155 Å². The number of halogens is 1. The van der Waals surface area contributed by atoms with Crippen LogP contribution in [0.25, 0.3) is 11.2 Å². The van der Waals surface area contributed by atoms with Gasteiger partial charge >= 0.3 is 0 Å². The fourth-order valence-corrected chi connectivity index (χ4v) is 2.58. The normalized spacial score (nSPS) is 11.7. The Balaban J connectivity index is 1.89. The molecule has 0 bridgehead atoms. The van der Waals surface area contributed by atoms with Crippen LogP contribution in [0, 0.1) is 0 Å². The molecule has 0 aliphatic rings. The number of anilines is 2. The molecule has 3 rings (SSSR count). The van der Waals surface area contributed by atoms with Crippen LogP contribution in [0.1, 0.15) is 19.4 Å². The van der Waals surface area contributed by atoms with E-state index in [-0.39, 0.29) is 5.75 Å². The first kappa shape index (κ1) is 18.2. The molecule has 3 aromatic rings. The lowest BCUT2D eigenvalue weighted by Gasteiger charge is -2.18. The molecule has 0 aliphatic heterocycles. The number of aromatic hydroxyl groups is 1. The van der Waals surface area contributed by atoms with Crippen LogP contribution in [0.3, 0.4) is 0 Å². The maximum absolute atomic E-state index is 10.1. The highest BCUT2D eigenvalue weighted by atomic mass is 35.5. The quantitative estimate of drug-likeness (QED) is 0.523. The summed E-state index contributed by atoms with van der Waals surface area (Å²) < 4.78 is 1.79. The highest BCUT2D eigenvalue weighted by Crippen LogP contribution is 2.28. The van der Waals surface area contributed by atoms with Crippen LogP contribution in [0.5, 0.6) is 5.75 Å². The van der Waals surface area contributed by atoms with Crippen molar-refractivity contribution in [1.82, 2.24) is 19.5 Å². The number of phenolic OH excluding ortho intramolecular Hbond substituents is 1. The Morgan fingerprint density at radius 3 is 2.73 bits per heavy atom. The lowest BCUT2D eigenvalue weighted by atomic mass is 10.1. The number of para-hydroxylation sites is 1. The topological polar surface area (TPSA) is 108 Å². The molecule has 2 aromatic heterocycles. The zero-order chi connectivity index (χ0) is 18.9. The maximum Gasteiger partial charge on any atom is 0.226 e. The highest BCUT2D eigenvalue weighted by molar-refractivity contribution is 6.32. The molecule has 1 aromatic carbocycles. The SMILES string of the molecule is Cn1cnc2c(NCc3cccc(Cl)c3O)nc(NCC(C)(C)O)nc21. The third kappa shape index (κ3) is 3.97. The van der Waals surface area contributed by atoms with Gasteiger partial charge in [0.25, 0.3) is 0 Å². The molecule has 0 atom stereocenters. The van der Waals surface area contributed by atoms with Gasteiger partial charge in [0.05, 0.1) is 17.0 Å². The summed E-state index contributed by atoms with van der Waals surface area (Å²) in [5.74, 6) is 0.933. The minimum atomic E-state index is -0.898. The largest absolute Gasteiger partial charge is 0.506 e. The van der Waals surface area contributed by atoms with Gasteiger partial charge in [-0.15, -0.1) is 0 Å². The Morgan fingerprint density at radius 1 is 1.23 bits per heavy atom. The average molecular weight is 377 g/mol. The molecule has 2 heterocycles. The van der Waals surface area contributed by atoms with Gasteiger partial charge in [-0.05, 0) is 19.9 Å². The van der Waals surface area contributed by atoms with E-state index in [1.807, 2.05) is 7.05 Å². The van der Waals surface area contributed by atoms with Crippen molar-refractivity contribution in [3.05, 3.63) is 35.1 Å². The molecule has 0 spiro atoms. The van der Waals surface area contributed by atoms with Crippen LogP contribution in [0.2, 0.25) is 5.02 Å². The zero-order valence-corrected chi connectivity index (χ0v) is 15.5. The van der Waals surface area contributed by atoms with E-state index < -0.39 is 5.60 Å². The molecule has 138 valence electrons. The van der Waals surface area contributed by atoms with Crippen LogP contribution in [0.4, 0.5) is 11.8 Å². The molecule has 9 heteroatoms. The molecular weight excluding hydrogens is 356 g/mol. The van der Waals surface area contributed by atoms with Crippen molar-refractivity contribution in [2.24, 2.45) is 7.05 Å². The van der Waals surface area contributed by atoms with Gasteiger partial charge in [0, 0.05) is 25.7 Å². The first-order chi connectivity index (χ1) is 12.2. The van der Waals surface area contributed by atoms with E-state index in [1.54, 1.807) is 42.9 Å². The number of nitrogens with zero attached hydrogens (tertiary/aromatic N) is 4. The number of fused-ring (bicyclic) bond motifs is 1. The molecule has 0 fully saturated rings. The number of hydrogen-bond donors (Lipinski definition) is 4. The number of phenols is 1. The summed E-state index contributed by atoms with van der Waals surface area (Å²) in [5, 5.41) is 26.4. The molecule has 8 nitrogen and oxygen atoms in total. The molecule has 0 unspecified atom stereocenters. The smallest absolute Gasteiger partial charge is 0.226 e. The number of rotatable bonds is 6. The van der Waals surface area contributed by atoms with E-state index in [0.717, 1.165) is 0 Å². The first-order valence-electron chi connectivity index (χ1n) is 8.10. The van der Waals surface area contributed by atoms with Crippen molar-refractivity contribution in [3.8, 4) is 5.75 Å². The summed E-state index contributed by atoms with van der Waals surface area (Å²) in [6.07, 6.45) is 1.65. The number of imidazole rings is 1. The highest BCUT2D eigenvalue weighted by Gasteiger charge is 2.16. The molecular formula is C17H21ClN6O2. The number of aliphatic hydroxyl groups is 1. The second-order valence-corrected chi connectivity index (χ2v) is 7.10. The fraction of sp³-hybridized carbons (Fsp3) is 0.353. The predicted octanol–water partition coefficient (Wildman–Crippen LogP) is 2.52. The molecule has 0 saturated heterocycles. The minimum Gasteiger partial charge on any atom is -0.506 e. The molecule has 0 radical (unpaired) electrons. The first-order valence-corrected chi connectivity index (χ1v) is 8.48. The van der Waals surface area contributed by atoms with Crippen molar-refractivity contribution in [2.45, 2.75) is 26.0 Å². The number of hydrogen-bond acceptors (Lipinski definition) is 7. The standard InChI is InChI=1S/C17H21ClN6O2/c1-17(2,26)8-20-16-22-14(12-15(23-16)24(3)9-21-12)19-7-10-5-4-6-11(18)13(10)25/h4-6,9,25-26H,7-8H2,1-3H3,(H2,19,20,22,23). The number of aryl methyl sites for hydroxylation is 1. The van der Waals surface area contributed by atoms with Crippen LogP contribution >= 0.6 is 11.6 Å². The van der Waals surface area contributed by atoms with Gasteiger partial charge in [-0.1, -0.05) is 23.7 Å². The van der Waals surface area contributed by atoms with Crippen molar-refractivity contribution in [1.29, 1.82) is 0 Å². The van der Waals surface area contributed by atoms with Gasteiger partial charge in [0.1, 0.15) is 5.75 Å². The van der Waals surface area contributed by atoms with E-state index in [1.165, 1.54) is 0 Å². The Hall–Kier alpha value is -2.58. The molecule has 0 aliphatic carbocycles. The van der Waals surface area contributed by atoms with Crippen molar-refractivity contribution >= 4 is 34.5 Å². The summed E-state index contributed by atoms with van der Waals surface area (Å²) >= 11 is 5.95. The molecule has 0 saturated carbocycles. The van der Waals surface area contributed by atoms with Gasteiger partial charge < -0.3 is 25.4 Å². The molecule has 26 heavy (non-hydrogen) atoms. The Kier molecular flexibility index (Phi) is 4.88. The summed E-state index contributed by atoms with van der Waals surface area (Å²) in [4.78, 5) is 13.2. The van der Waals surface area contributed by atoms with E-state index >= 15 is 0 Å². The summed E-state index contributed by atoms with van der Waals surface area (Å²) in [5.41, 5.74) is 1.01. The van der Waals surface area contributed by atoms with Gasteiger partial charge in [0.15, 0.2) is 17.0 Å². The van der Waals surface area contributed by atoms with Crippen LogP contribution in [-0.2, 0) is 13.6 Å². The summed E-state index contributed by atoms with van der Waals surface area (Å²) in [7, 11) is 1.84. The molecule has 4 N–H and O–H groups in total. The van der Waals surface area contributed by atoms with Crippen LogP contribution in [0.15, 0.2) is 24.5 Å². The van der Waals surface area contributed by atoms with E-state index in [0.29, 0.717) is 46.6 Å². The van der Waals surface area contributed by atoms with Gasteiger partial charge in [-0.3, -0.25) is 0 Å². The van der Waals surface area contributed by atoms with Crippen molar-refractivity contribution in [3.63, 3.8) is 0 Å². The Morgan fingerprint density at radius 2 is 2.00 bits per heavy atom. The second-order valence-electron chi connectivity index (χ2n) is 6.69. The van der Waals surface area contributed by atoms with Crippen LogP contribution in [-0.4, -0.2) is 41.9 Å². The number of nitrogens with one attached hydrogen (secondary N) is 2. The minimum absolute atomic E-state index is 0.0355. The predicted molar refractivity (Wildman–Crippen MR) is 102 cm³/mol. The lowest BCUT2D eigenvalue weighted by Crippen LogP contribution is -2.30. The fourth-order valence-electron chi connectivity index (χ4n) is 2.39. The van der Waals surface area contributed by atoms with Crippen molar-refractivity contribution < 1.29 is 10.2 Å². The van der Waals surface area contributed by atoms with Crippen molar-refractivity contribution in [2.75, 3.05) is 17.2 Å². The van der Waals surface area contributed by atoms with Crippen LogP contribution < -0.4 is 10.6 Å². The second kappa shape index (κ2) is 6.97. The van der Waals surface area contributed by atoms with Gasteiger partial charge in [0.2, 0.25) is 5.95 Å². The monoisotopic (exact) mass is 376 g/mol.